The van der Waals surface area contributed by atoms with Crippen molar-refractivity contribution in [3.8, 4) is 0 Å². The molecule has 1 N–H and O–H groups in total. The van der Waals surface area contributed by atoms with Crippen LogP contribution in [-0.2, 0) is 9.53 Å². The number of nitrogens with zero attached hydrogens (tertiary/aromatic N) is 1. The number of urea groups is 1. The van der Waals surface area contributed by atoms with Crippen LogP contribution >= 0.6 is 0 Å². The first kappa shape index (κ1) is 12.5. The maximum atomic E-state index is 11.7. The minimum absolute atomic E-state index is 0.0764. The Morgan fingerprint density at radius 2 is 2.25 bits per heavy atom. The van der Waals surface area contributed by atoms with Crippen LogP contribution in [0.25, 0.3) is 0 Å². The van der Waals surface area contributed by atoms with Gasteiger partial charge in [-0.2, -0.15) is 0 Å². The molecule has 0 radical (unpaired) electrons. The van der Waals surface area contributed by atoms with Crippen molar-refractivity contribution in [3.63, 3.8) is 0 Å². The topological polar surface area (TPSA) is 58.6 Å². The number of rotatable bonds is 6. The first-order chi connectivity index (χ1) is 7.69. The van der Waals surface area contributed by atoms with Gasteiger partial charge in [-0.25, -0.2) is 4.79 Å². The van der Waals surface area contributed by atoms with Gasteiger partial charge in [-0.1, -0.05) is 6.08 Å². The zero-order valence-corrected chi connectivity index (χ0v) is 9.57. The van der Waals surface area contributed by atoms with Crippen molar-refractivity contribution in [1.82, 2.24) is 10.2 Å². The van der Waals surface area contributed by atoms with Crippen LogP contribution < -0.4 is 5.32 Å². The third-order valence-corrected chi connectivity index (χ3v) is 2.26. The van der Waals surface area contributed by atoms with Gasteiger partial charge in [0.15, 0.2) is 0 Å². The Hall–Kier alpha value is -1.52. The Morgan fingerprint density at radius 3 is 2.75 bits per heavy atom. The molecule has 0 spiro atoms. The Kier molecular flexibility index (Phi) is 4.82. The monoisotopic (exact) mass is 226 g/mol. The third kappa shape index (κ3) is 3.92. The molecule has 5 heteroatoms. The van der Waals surface area contributed by atoms with E-state index in [0.717, 1.165) is 12.8 Å². The van der Waals surface area contributed by atoms with E-state index in [2.05, 4.69) is 11.9 Å². The molecule has 0 bridgehead atoms. The molecule has 2 amide bonds. The molecule has 1 fully saturated rings. The van der Waals surface area contributed by atoms with Crippen molar-refractivity contribution in [2.45, 2.75) is 25.8 Å². The molecular weight excluding hydrogens is 208 g/mol. The standard InChI is InChI=1S/C11H18N2O3/c1-3-7-13(9-5-6-9)11(15)12-8-10(14)16-4-2/h3,9H,1,4-8H2,2H3,(H,12,15). The largest absolute Gasteiger partial charge is 0.465 e. The summed E-state index contributed by atoms with van der Waals surface area (Å²) in [4.78, 5) is 24.4. The van der Waals surface area contributed by atoms with E-state index in [9.17, 15) is 9.59 Å². The summed E-state index contributed by atoms with van der Waals surface area (Å²) in [5.74, 6) is -0.412. The van der Waals surface area contributed by atoms with E-state index in [-0.39, 0.29) is 12.6 Å². The van der Waals surface area contributed by atoms with Crippen LogP contribution in [0.2, 0.25) is 0 Å². The van der Waals surface area contributed by atoms with Gasteiger partial charge in [0.05, 0.1) is 6.61 Å². The fourth-order valence-corrected chi connectivity index (χ4v) is 1.38. The molecule has 5 nitrogen and oxygen atoms in total. The summed E-state index contributed by atoms with van der Waals surface area (Å²) in [6.07, 6.45) is 3.74. The summed E-state index contributed by atoms with van der Waals surface area (Å²) < 4.78 is 4.72. The Morgan fingerprint density at radius 1 is 1.56 bits per heavy atom. The average Bonchev–Trinajstić information content (AvgIpc) is 3.07. The van der Waals surface area contributed by atoms with Crippen molar-refractivity contribution < 1.29 is 14.3 Å². The maximum absolute atomic E-state index is 11.7. The van der Waals surface area contributed by atoms with Crippen LogP contribution in [0.1, 0.15) is 19.8 Å². The highest BCUT2D eigenvalue weighted by Gasteiger charge is 2.31. The molecule has 1 aliphatic rings. The van der Waals surface area contributed by atoms with Crippen molar-refractivity contribution in [2.75, 3.05) is 19.7 Å². The smallest absolute Gasteiger partial charge is 0.325 e. The quantitative estimate of drug-likeness (QED) is 0.541. The van der Waals surface area contributed by atoms with Gasteiger partial charge in [0, 0.05) is 12.6 Å². The highest BCUT2D eigenvalue weighted by molar-refractivity contribution is 5.81. The van der Waals surface area contributed by atoms with Gasteiger partial charge < -0.3 is 15.0 Å². The number of hydrogen-bond acceptors (Lipinski definition) is 3. The molecule has 0 atom stereocenters. The number of carbonyl (C=O) groups is 2. The van der Waals surface area contributed by atoms with Gasteiger partial charge in [-0.3, -0.25) is 4.79 Å². The third-order valence-electron chi connectivity index (χ3n) is 2.26. The van der Waals surface area contributed by atoms with Gasteiger partial charge in [0.25, 0.3) is 0 Å². The van der Waals surface area contributed by atoms with Crippen molar-refractivity contribution in [3.05, 3.63) is 12.7 Å². The molecule has 1 rings (SSSR count). The summed E-state index contributed by atoms with van der Waals surface area (Å²) in [6, 6.07) is 0.0793. The molecule has 1 aliphatic carbocycles. The molecule has 90 valence electrons. The number of ether oxygens (including phenoxy) is 1. The van der Waals surface area contributed by atoms with Gasteiger partial charge in [0.2, 0.25) is 0 Å². The van der Waals surface area contributed by atoms with E-state index >= 15 is 0 Å². The summed E-state index contributed by atoms with van der Waals surface area (Å²) in [6.45, 7) is 6.10. The molecule has 0 aromatic rings. The van der Waals surface area contributed by atoms with Gasteiger partial charge in [-0.15, -0.1) is 6.58 Å². The van der Waals surface area contributed by atoms with E-state index < -0.39 is 5.97 Å². The predicted octanol–water partition coefficient (Wildman–Crippen LogP) is 0.909. The van der Waals surface area contributed by atoms with Crippen LogP contribution in [-0.4, -0.2) is 42.6 Å². The Labute approximate surface area is 95.4 Å². The predicted molar refractivity (Wildman–Crippen MR) is 60.0 cm³/mol. The van der Waals surface area contributed by atoms with E-state index in [1.54, 1.807) is 17.9 Å². The van der Waals surface area contributed by atoms with E-state index in [4.69, 9.17) is 4.74 Å². The second kappa shape index (κ2) is 6.15. The molecular formula is C11H18N2O3. The van der Waals surface area contributed by atoms with Crippen molar-refractivity contribution in [2.24, 2.45) is 0 Å². The summed E-state index contributed by atoms with van der Waals surface area (Å²) in [7, 11) is 0. The lowest BCUT2D eigenvalue weighted by Crippen LogP contribution is -2.43. The summed E-state index contributed by atoms with van der Waals surface area (Å²) in [5.41, 5.74) is 0. The lowest BCUT2D eigenvalue weighted by atomic mass is 10.4. The highest BCUT2D eigenvalue weighted by atomic mass is 16.5. The first-order valence-corrected chi connectivity index (χ1v) is 5.50. The SMILES string of the molecule is C=CCN(C(=O)NCC(=O)OCC)C1CC1. The fraction of sp³-hybridized carbons (Fsp3) is 0.636. The Bertz CT molecular complexity index is 274. The second-order valence-electron chi connectivity index (χ2n) is 3.64. The fourth-order valence-electron chi connectivity index (χ4n) is 1.38. The average molecular weight is 226 g/mol. The van der Waals surface area contributed by atoms with Gasteiger partial charge >= 0.3 is 12.0 Å². The van der Waals surface area contributed by atoms with Crippen LogP contribution in [0, 0.1) is 0 Å². The van der Waals surface area contributed by atoms with Gasteiger partial charge in [-0.05, 0) is 19.8 Å². The minimum atomic E-state index is -0.412. The zero-order chi connectivity index (χ0) is 12.0. The number of hydrogen-bond donors (Lipinski definition) is 1. The van der Waals surface area contributed by atoms with Crippen molar-refractivity contribution >= 4 is 12.0 Å². The molecule has 0 heterocycles. The van der Waals surface area contributed by atoms with E-state index in [1.807, 2.05) is 0 Å². The molecule has 0 aromatic heterocycles. The number of esters is 1. The first-order valence-electron chi connectivity index (χ1n) is 5.50. The molecule has 0 unspecified atom stereocenters. The molecule has 0 aliphatic heterocycles. The summed E-state index contributed by atoms with van der Waals surface area (Å²) >= 11 is 0. The number of amides is 2. The minimum Gasteiger partial charge on any atom is -0.465 e. The number of nitrogens with one attached hydrogen (secondary N) is 1. The van der Waals surface area contributed by atoms with Crippen LogP contribution in [0.5, 0.6) is 0 Å². The van der Waals surface area contributed by atoms with Gasteiger partial charge in [0.1, 0.15) is 6.54 Å². The summed E-state index contributed by atoms with van der Waals surface area (Å²) in [5, 5.41) is 2.54. The highest BCUT2D eigenvalue weighted by Crippen LogP contribution is 2.26. The second-order valence-corrected chi connectivity index (χ2v) is 3.64. The number of carbonyl (C=O) groups excluding carboxylic acids is 2. The van der Waals surface area contributed by atoms with Crippen LogP contribution in [0.15, 0.2) is 12.7 Å². The maximum Gasteiger partial charge on any atom is 0.325 e. The van der Waals surface area contributed by atoms with Crippen LogP contribution in [0.3, 0.4) is 0 Å². The Balaban J connectivity index is 2.31. The molecule has 16 heavy (non-hydrogen) atoms. The van der Waals surface area contributed by atoms with Crippen molar-refractivity contribution in [1.29, 1.82) is 0 Å². The van der Waals surface area contributed by atoms with E-state index in [0.29, 0.717) is 19.2 Å². The zero-order valence-electron chi connectivity index (χ0n) is 9.57. The molecule has 0 saturated heterocycles. The lowest BCUT2D eigenvalue weighted by Gasteiger charge is -2.20. The van der Waals surface area contributed by atoms with Crippen LogP contribution in [0.4, 0.5) is 4.79 Å². The van der Waals surface area contributed by atoms with E-state index in [1.165, 1.54) is 0 Å². The lowest BCUT2D eigenvalue weighted by molar-refractivity contribution is -0.141. The molecule has 0 aromatic carbocycles. The normalized spacial score (nSPS) is 14.1. The molecule has 1 saturated carbocycles.